The summed E-state index contributed by atoms with van der Waals surface area (Å²) in [4.78, 5) is 25.1. The highest BCUT2D eigenvalue weighted by Crippen LogP contribution is 2.35. The largest absolute Gasteiger partial charge is 0.467 e. The van der Waals surface area contributed by atoms with Crippen molar-refractivity contribution < 1.29 is 13.9 Å². The van der Waals surface area contributed by atoms with Gasteiger partial charge in [-0.25, -0.2) is 19.2 Å². The van der Waals surface area contributed by atoms with Crippen molar-refractivity contribution in [2.24, 2.45) is 0 Å². The average Bonchev–Trinajstić information content (AvgIpc) is 2.84. The van der Waals surface area contributed by atoms with Gasteiger partial charge in [-0.05, 0) is 38.2 Å². The number of anilines is 2. The quantitative estimate of drug-likeness (QED) is 0.456. The number of aromatic nitrogens is 2. The number of carbonyl (C=O) groups is 1. The first-order valence-electron chi connectivity index (χ1n) is 11.0. The first kappa shape index (κ1) is 25.0. The minimum atomic E-state index is -0.732. The normalized spacial score (nSPS) is 15.1. The predicted octanol–water partition coefficient (Wildman–Crippen LogP) is 5.09. The van der Waals surface area contributed by atoms with E-state index in [0.717, 1.165) is 18.7 Å². The van der Waals surface area contributed by atoms with Gasteiger partial charge in [-0.15, -0.1) is 0 Å². The monoisotopic (exact) mass is 518 g/mol. The zero-order valence-corrected chi connectivity index (χ0v) is 20.8. The van der Waals surface area contributed by atoms with E-state index in [1.54, 1.807) is 24.0 Å². The van der Waals surface area contributed by atoms with Gasteiger partial charge >= 0.3 is 6.03 Å². The summed E-state index contributed by atoms with van der Waals surface area (Å²) >= 11 is 12.3. The molecule has 0 aliphatic carbocycles. The average molecular weight is 519 g/mol. The Balaban J connectivity index is 1.47. The molecule has 8 nitrogen and oxygen atoms in total. The lowest BCUT2D eigenvalue weighted by atomic mass is 10.1. The number of benzene rings is 2. The standard InChI is InChI=1S/C24H25Cl2FN6O2/c1-14(20-17(25)7-8-18(27)21(20)26)35-23-22(28)29-13-19(31-23)15-3-5-16(6-4-15)30-24(34)33-11-9-32(2)10-12-33/h3-8,13-14H,9-12H2,1-2H3,(H2,28,29)(H,30,34). The Kier molecular flexibility index (Phi) is 7.59. The van der Waals surface area contributed by atoms with Gasteiger partial charge in [-0.3, -0.25) is 0 Å². The van der Waals surface area contributed by atoms with Crippen LogP contribution in [0.3, 0.4) is 0 Å². The van der Waals surface area contributed by atoms with Gasteiger partial charge in [0.25, 0.3) is 5.88 Å². The number of nitrogens with two attached hydrogens (primary N) is 1. The van der Waals surface area contributed by atoms with Crippen LogP contribution in [-0.2, 0) is 0 Å². The van der Waals surface area contributed by atoms with Crippen LogP contribution in [0, 0.1) is 5.82 Å². The molecule has 0 bridgehead atoms. The van der Waals surface area contributed by atoms with E-state index in [0.29, 0.717) is 30.0 Å². The second kappa shape index (κ2) is 10.6. The first-order chi connectivity index (χ1) is 16.7. The summed E-state index contributed by atoms with van der Waals surface area (Å²) in [5.74, 6) is -0.465. The third-order valence-electron chi connectivity index (χ3n) is 5.76. The van der Waals surface area contributed by atoms with E-state index in [9.17, 15) is 9.18 Å². The number of likely N-dealkylation sites (N-methyl/N-ethyl adjacent to an activating group) is 1. The Hall–Kier alpha value is -3.14. The molecule has 3 aromatic rings. The fourth-order valence-corrected chi connectivity index (χ4v) is 4.36. The number of carbonyl (C=O) groups excluding carboxylic acids is 1. The summed E-state index contributed by atoms with van der Waals surface area (Å²) in [6.45, 7) is 4.74. The molecule has 184 valence electrons. The van der Waals surface area contributed by atoms with Crippen LogP contribution >= 0.6 is 23.2 Å². The van der Waals surface area contributed by atoms with Gasteiger partial charge in [0.2, 0.25) is 0 Å². The number of rotatable bonds is 5. The van der Waals surface area contributed by atoms with Gasteiger partial charge in [-0.1, -0.05) is 35.3 Å². The maximum absolute atomic E-state index is 13.9. The number of hydrogen-bond donors (Lipinski definition) is 2. The Labute approximate surface area is 212 Å². The molecule has 1 saturated heterocycles. The van der Waals surface area contributed by atoms with Crippen LogP contribution in [0.2, 0.25) is 10.0 Å². The van der Waals surface area contributed by atoms with Crippen molar-refractivity contribution in [3.05, 3.63) is 64.0 Å². The molecule has 4 rings (SSSR count). The number of nitrogen functional groups attached to an aromatic ring is 1. The highest BCUT2D eigenvalue weighted by molar-refractivity contribution is 6.36. The third-order valence-corrected chi connectivity index (χ3v) is 6.48. The number of nitrogens with one attached hydrogen (secondary N) is 1. The topological polar surface area (TPSA) is 96.6 Å². The van der Waals surface area contributed by atoms with Crippen molar-refractivity contribution in [1.82, 2.24) is 19.8 Å². The highest BCUT2D eigenvalue weighted by Gasteiger charge is 2.21. The Bertz CT molecular complexity index is 1220. The molecule has 35 heavy (non-hydrogen) atoms. The first-order valence-corrected chi connectivity index (χ1v) is 11.8. The molecule has 0 spiro atoms. The number of hydrogen-bond acceptors (Lipinski definition) is 6. The molecule has 1 aliphatic heterocycles. The fourth-order valence-electron chi connectivity index (χ4n) is 3.69. The van der Waals surface area contributed by atoms with Gasteiger partial charge in [0.1, 0.15) is 11.9 Å². The van der Waals surface area contributed by atoms with E-state index in [4.69, 9.17) is 33.7 Å². The third kappa shape index (κ3) is 5.75. The summed E-state index contributed by atoms with van der Waals surface area (Å²) in [6.07, 6.45) is 0.789. The smallest absolute Gasteiger partial charge is 0.321 e. The van der Waals surface area contributed by atoms with Gasteiger partial charge in [0.05, 0.1) is 16.9 Å². The van der Waals surface area contributed by atoms with Crippen molar-refractivity contribution in [3.63, 3.8) is 0 Å². The number of nitrogens with zero attached hydrogens (tertiary/aromatic N) is 4. The second-order valence-electron chi connectivity index (χ2n) is 8.26. The maximum atomic E-state index is 13.9. The number of halogens is 3. The number of amides is 2. The van der Waals surface area contributed by atoms with Gasteiger partial charge in [-0.2, -0.15) is 0 Å². The lowest BCUT2D eigenvalue weighted by Crippen LogP contribution is -2.48. The summed E-state index contributed by atoms with van der Waals surface area (Å²) < 4.78 is 19.8. The molecule has 3 N–H and O–H groups in total. The van der Waals surface area contributed by atoms with Gasteiger partial charge < -0.3 is 25.6 Å². The van der Waals surface area contributed by atoms with Crippen molar-refractivity contribution in [2.45, 2.75) is 13.0 Å². The van der Waals surface area contributed by atoms with Crippen molar-refractivity contribution >= 4 is 40.7 Å². The molecule has 0 saturated carbocycles. The Morgan fingerprint density at radius 2 is 1.83 bits per heavy atom. The lowest BCUT2D eigenvalue weighted by Gasteiger charge is -2.32. The molecule has 1 unspecified atom stereocenters. The zero-order chi connectivity index (χ0) is 25.1. The molecular formula is C24H25Cl2FN6O2. The van der Waals surface area contributed by atoms with Crippen LogP contribution in [0.5, 0.6) is 5.88 Å². The van der Waals surface area contributed by atoms with Crippen LogP contribution in [0.1, 0.15) is 18.6 Å². The maximum Gasteiger partial charge on any atom is 0.321 e. The van der Waals surface area contributed by atoms with E-state index in [1.165, 1.54) is 18.3 Å². The molecule has 2 heterocycles. The van der Waals surface area contributed by atoms with Crippen molar-refractivity contribution in [2.75, 3.05) is 44.3 Å². The summed E-state index contributed by atoms with van der Waals surface area (Å²) in [6, 6.07) is 9.67. The number of ether oxygens (including phenoxy) is 1. The molecule has 1 aliphatic rings. The minimum absolute atomic E-state index is 0.0684. The zero-order valence-electron chi connectivity index (χ0n) is 19.3. The predicted molar refractivity (Wildman–Crippen MR) is 135 cm³/mol. The Morgan fingerprint density at radius 3 is 2.51 bits per heavy atom. The molecule has 2 amide bonds. The van der Waals surface area contributed by atoms with Crippen LogP contribution < -0.4 is 15.8 Å². The molecule has 1 atom stereocenters. The summed E-state index contributed by atoms with van der Waals surface area (Å²) in [5, 5.41) is 3.06. The van der Waals surface area contributed by atoms with E-state index in [-0.39, 0.29) is 27.8 Å². The molecule has 2 aromatic carbocycles. The highest BCUT2D eigenvalue weighted by atomic mass is 35.5. The van der Waals surface area contributed by atoms with Crippen molar-refractivity contribution in [3.8, 4) is 17.1 Å². The van der Waals surface area contributed by atoms with Gasteiger partial charge in [0.15, 0.2) is 5.82 Å². The number of piperazine rings is 1. The summed E-state index contributed by atoms with van der Waals surface area (Å²) in [7, 11) is 2.04. The van der Waals surface area contributed by atoms with E-state index < -0.39 is 11.9 Å². The molecular weight excluding hydrogens is 494 g/mol. The van der Waals surface area contributed by atoms with Crippen LogP contribution in [0.25, 0.3) is 11.3 Å². The van der Waals surface area contributed by atoms with Crippen molar-refractivity contribution in [1.29, 1.82) is 0 Å². The second-order valence-corrected chi connectivity index (χ2v) is 9.05. The summed E-state index contributed by atoms with van der Waals surface area (Å²) in [5.41, 5.74) is 8.18. The fraction of sp³-hybridized carbons (Fsp3) is 0.292. The molecule has 0 radical (unpaired) electrons. The number of urea groups is 1. The lowest BCUT2D eigenvalue weighted by molar-refractivity contribution is 0.164. The minimum Gasteiger partial charge on any atom is -0.467 e. The SMILES string of the molecule is CC(Oc1nc(-c2ccc(NC(=O)N3CCN(C)CC3)cc2)cnc1N)c1c(Cl)ccc(F)c1Cl. The van der Waals surface area contributed by atoms with Crippen LogP contribution in [0.15, 0.2) is 42.6 Å². The van der Waals surface area contributed by atoms with Crippen LogP contribution in [-0.4, -0.2) is 59.0 Å². The molecule has 1 fully saturated rings. The van der Waals surface area contributed by atoms with Gasteiger partial charge in [0, 0.05) is 48.0 Å². The van der Waals surface area contributed by atoms with E-state index >= 15 is 0 Å². The van der Waals surface area contributed by atoms with E-state index in [2.05, 4.69) is 20.2 Å². The van der Waals surface area contributed by atoms with Crippen LogP contribution in [0.4, 0.5) is 20.7 Å². The Morgan fingerprint density at radius 1 is 1.14 bits per heavy atom. The molecule has 1 aromatic heterocycles. The van der Waals surface area contributed by atoms with E-state index in [1.807, 2.05) is 19.2 Å². The molecule has 11 heteroatoms.